The van der Waals surface area contributed by atoms with Crippen LogP contribution in [-0.2, 0) is 0 Å². The number of fused-ring (bicyclic) bond motifs is 1. The monoisotopic (exact) mass is 396 g/mol. The largest absolute Gasteiger partial charge is 0.493 e. The van der Waals surface area contributed by atoms with Crippen LogP contribution in [0.5, 0.6) is 17.2 Å². The second-order valence-corrected chi connectivity index (χ2v) is 6.45. The van der Waals surface area contributed by atoms with Gasteiger partial charge in [0.2, 0.25) is 23.1 Å². The average molecular weight is 396 g/mol. The number of methoxy groups -OCH3 is 3. The van der Waals surface area contributed by atoms with Crippen LogP contribution in [0, 0.1) is 0 Å². The van der Waals surface area contributed by atoms with Crippen molar-refractivity contribution in [3.8, 4) is 17.2 Å². The highest BCUT2D eigenvalue weighted by atomic mass is 16.5. The summed E-state index contributed by atoms with van der Waals surface area (Å²) in [6.07, 6.45) is 1.23. The van der Waals surface area contributed by atoms with Gasteiger partial charge in [0.05, 0.1) is 32.6 Å². The molecule has 1 aromatic carbocycles. The minimum atomic E-state index is -0.449. The van der Waals surface area contributed by atoms with E-state index < -0.39 is 11.6 Å². The molecule has 0 saturated heterocycles. The maximum absolute atomic E-state index is 13.0. The molecule has 1 aliphatic carbocycles. The molecule has 0 unspecified atom stereocenters. The number of hydrogen-bond donors (Lipinski definition) is 0. The minimum Gasteiger partial charge on any atom is -0.493 e. The molecule has 0 amide bonds. The van der Waals surface area contributed by atoms with Crippen LogP contribution in [0.4, 0.5) is 0 Å². The molecular weight excluding hydrogens is 376 g/mol. The van der Waals surface area contributed by atoms with Crippen LogP contribution in [0.1, 0.15) is 36.9 Å². The summed E-state index contributed by atoms with van der Waals surface area (Å²) >= 11 is 0. The number of nitrogens with zero attached hydrogens (tertiary/aromatic N) is 2. The van der Waals surface area contributed by atoms with Crippen molar-refractivity contribution in [2.45, 2.75) is 0 Å². The summed E-state index contributed by atoms with van der Waals surface area (Å²) < 4.78 is 15.8. The predicted octanol–water partition coefficient (Wildman–Crippen LogP) is 2.16. The van der Waals surface area contributed by atoms with E-state index in [1.54, 1.807) is 19.0 Å². The minimum absolute atomic E-state index is 0.0286. The lowest BCUT2D eigenvalue weighted by Gasteiger charge is -2.20. The van der Waals surface area contributed by atoms with E-state index in [0.29, 0.717) is 17.2 Å². The molecular formula is C21H20N2O6. The molecule has 0 aliphatic heterocycles. The SMILES string of the molecule is COc1cc(C(=O)c2ccc3c(n2)C(=O)C=C(N(C)C)C3=O)cc(OC)c1OC. The molecule has 1 heterocycles. The first-order chi connectivity index (χ1) is 13.8. The van der Waals surface area contributed by atoms with E-state index in [2.05, 4.69) is 4.98 Å². The highest BCUT2D eigenvalue weighted by molar-refractivity contribution is 6.24. The number of Topliss-reactive ketones (excluding diaryl/α,β-unsaturated/α-hetero) is 1. The Hall–Kier alpha value is -3.68. The fraction of sp³-hybridized carbons (Fsp3) is 0.238. The Morgan fingerprint density at radius 1 is 0.966 bits per heavy atom. The van der Waals surface area contributed by atoms with E-state index in [1.165, 1.54) is 51.7 Å². The summed E-state index contributed by atoms with van der Waals surface area (Å²) in [7, 11) is 7.71. The van der Waals surface area contributed by atoms with E-state index in [0.717, 1.165) is 0 Å². The summed E-state index contributed by atoms with van der Waals surface area (Å²) in [5.74, 6) is -0.204. The van der Waals surface area contributed by atoms with Gasteiger partial charge in [-0.2, -0.15) is 0 Å². The number of hydrogen-bond acceptors (Lipinski definition) is 8. The molecule has 0 radical (unpaired) electrons. The molecule has 8 heteroatoms. The van der Waals surface area contributed by atoms with Gasteiger partial charge in [-0.1, -0.05) is 0 Å². The van der Waals surface area contributed by atoms with Crippen LogP contribution in [-0.4, -0.2) is 62.7 Å². The van der Waals surface area contributed by atoms with Gasteiger partial charge in [0.25, 0.3) is 0 Å². The Morgan fingerprint density at radius 2 is 1.59 bits per heavy atom. The third kappa shape index (κ3) is 3.44. The van der Waals surface area contributed by atoms with Crippen molar-refractivity contribution >= 4 is 17.3 Å². The van der Waals surface area contributed by atoms with Crippen LogP contribution in [0.3, 0.4) is 0 Å². The topological polar surface area (TPSA) is 95.0 Å². The maximum Gasteiger partial charge on any atom is 0.211 e. The summed E-state index contributed by atoms with van der Waals surface area (Å²) in [4.78, 5) is 43.7. The fourth-order valence-electron chi connectivity index (χ4n) is 3.04. The van der Waals surface area contributed by atoms with E-state index in [1.807, 2.05) is 0 Å². The van der Waals surface area contributed by atoms with E-state index in [9.17, 15) is 14.4 Å². The lowest BCUT2D eigenvalue weighted by molar-refractivity contribution is 0.0957. The molecule has 0 saturated carbocycles. The molecule has 1 aromatic heterocycles. The third-order valence-corrected chi connectivity index (χ3v) is 4.52. The zero-order chi connectivity index (χ0) is 21.3. The molecule has 0 fully saturated rings. The predicted molar refractivity (Wildman–Crippen MR) is 104 cm³/mol. The lowest BCUT2D eigenvalue weighted by atomic mass is 9.95. The van der Waals surface area contributed by atoms with Crippen molar-refractivity contribution in [2.24, 2.45) is 0 Å². The van der Waals surface area contributed by atoms with Gasteiger partial charge in [-0.25, -0.2) is 4.98 Å². The number of carbonyl (C=O) groups excluding carboxylic acids is 3. The molecule has 1 aliphatic rings. The standard InChI is InChI=1S/C21H20N2O6/c1-23(2)14-10-15(24)18-12(20(14)26)6-7-13(22-18)19(25)11-8-16(27-3)21(29-5)17(9-11)28-4/h6-10H,1-5H3. The number of pyridine rings is 1. The molecule has 0 bridgehead atoms. The van der Waals surface area contributed by atoms with Crippen LogP contribution < -0.4 is 14.2 Å². The lowest BCUT2D eigenvalue weighted by Crippen LogP contribution is -2.27. The first kappa shape index (κ1) is 20.1. The van der Waals surface area contributed by atoms with Crippen LogP contribution in [0.2, 0.25) is 0 Å². The number of likely N-dealkylation sites (N-methyl/N-ethyl adjacent to an activating group) is 1. The van der Waals surface area contributed by atoms with Gasteiger partial charge < -0.3 is 19.1 Å². The maximum atomic E-state index is 13.0. The highest BCUT2D eigenvalue weighted by Crippen LogP contribution is 2.38. The first-order valence-corrected chi connectivity index (χ1v) is 8.66. The summed E-state index contributed by atoms with van der Waals surface area (Å²) in [5, 5.41) is 0. The van der Waals surface area contributed by atoms with E-state index in [-0.39, 0.29) is 34.0 Å². The number of allylic oxidation sites excluding steroid dienone is 2. The van der Waals surface area contributed by atoms with Crippen molar-refractivity contribution in [1.29, 1.82) is 0 Å². The van der Waals surface area contributed by atoms with Crippen molar-refractivity contribution < 1.29 is 28.6 Å². The van der Waals surface area contributed by atoms with Gasteiger partial charge in [0.1, 0.15) is 11.4 Å². The highest BCUT2D eigenvalue weighted by Gasteiger charge is 2.29. The Bertz CT molecular complexity index is 1030. The zero-order valence-corrected chi connectivity index (χ0v) is 16.7. The summed E-state index contributed by atoms with van der Waals surface area (Å²) in [6.45, 7) is 0. The Labute approximate surface area is 167 Å². The number of carbonyl (C=O) groups is 3. The van der Waals surface area contributed by atoms with Gasteiger partial charge in [-0.15, -0.1) is 0 Å². The Morgan fingerprint density at radius 3 is 2.10 bits per heavy atom. The van der Waals surface area contributed by atoms with Gasteiger partial charge in [-0.05, 0) is 24.3 Å². The van der Waals surface area contributed by atoms with Crippen molar-refractivity contribution in [1.82, 2.24) is 9.88 Å². The van der Waals surface area contributed by atoms with E-state index >= 15 is 0 Å². The number of benzene rings is 1. The smallest absolute Gasteiger partial charge is 0.211 e. The third-order valence-electron chi connectivity index (χ3n) is 4.52. The average Bonchev–Trinajstić information content (AvgIpc) is 2.73. The first-order valence-electron chi connectivity index (χ1n) is 8.66. The molecule has 0 N–H and O–H groups in total. The van der Waals surface area contributed by atoms with Crippen molar-refractivity contribution in [3.63, 3.8) is 0 Å². The molecule has 150 valence electrons. The van der Waals surface area contributed by atoms with Crippen molar-refractivity contribution in [2.75, 3.05) is 35.4 Å². The van der Waals surface area contributed by atoms with Crippen LogP contribution in [0.25, 0.3) is 0 Å². The zero-order valence-electron chi connectivity index (χ0n) is 16.7. The molecule has 8 nitrogen and oxygen atoms in total. The fourth-order valence-corrected chi connectivity index (χ4v) is 3.04. The summed E-state index contributed by atoms with van der Waals surface area (Å²) in [5.41, 5.74) is 0.668. The second kappa shape index (κ2) is 7.75. The number of ketones is 3. The van der Waals surface area contributed by atoms with Gasteiger partial charge in [-0.3, -0.25) is 14.4 Å². The quantitative estimate of drug-likeness (QED) is 0.686. The van der Waals surface area contributed by atoms with Crippen LogP contribution >= 0.6 is 0 Å². The van der Waals surface area contributed by atoms with Gasteiger partial charge >= 0.3 is 0 Å². The molecule has 0 spiro atoms. The number of aromatic nitrogens is 1. The molecule has 0 atom stereocenters. The second-order valence-electron chi connectivity index (χ2n) is 6.45. The number of ether oxygens (including phenoxy) is 3. The van der Waals surface area contributed by atoms with Gasteiger partial charge in [0, 0.05) is 25.7 Å². The Balaban J connectivity index is 2.05. The molecule has 2 aromatic rings. The van der Waals surface area contributed by atoms with Crippen molar-refractivity contribution in [3.05, 3.63) is 58.6 Å². The normalized spacial score (nSPS) is 12.8. The van der Waals surface area contributed by atoms with E-state index in [4.69, 9.17) is 14.2 Å². The number of rotatable bonds is 6. The Kier molecular flexibility index (Phi) is 5.36. The molecule has 3 rings (SSSR count). The summed E-state index contributed by atoms with van der Waals surface area (Å²) in [6, 6.07) is 5.88. The molecule has 29 heavy (non-hydrogen) atoms. The van der Waals surface area contributed by atoms with Crippen LogP contribution in [0.15, 0.2) is 36.0 Å². The van der Waals surface area contributed by atoms with Gasteiger partial charge in [0.15, 0.2) is 11.5 Å².